The van der Waals surface area contributed by atoms with Crippen LogP contribution in [0.1, 0.15) is 32.3 Å². The Balaban J connectivity index is 2.71. The molecule has 0 saturated carbocycles. The number of carbonyl (C=O) groups excluding carboxylic acids is 2. The fourth-order valence-electron chi connectivity index (χ4n) is 2.38. The van der Waals surface area contributed by atoms with Crippen LogP contribution in [0.3, 0.4) is 0 Å². The summed E-state index contributed by atoms with van der Waals surface area (Å²) in [6.45, 7) is 6.84. The van der Waals surface area contributed by atoms with E-state index in [0.717, 1.165) is 5.56 Å². The molecule has 0 fully saturated rings. The number of ketones is 1. The number of benzene rings is 1. The van der Waals surface area contributed by atoms with Crippen molar-refractivity contribution in [3.05, 3.63) is 53.8 Å². The van der Waals surface area contributed by atoms with Crippen LogP contribution in [-0.2, 0) is 20.7 Å². The molecule has 0 aliphatic carbocycles. The molecule has 0 unspecified atom stereocenters. The molecule has 4 nitrogen and oxygen atoms in total. The van der Waals surface area contributed by atoms with Gasteiger partial charge in [0.15, 0.2) is 0 Å². The Morgan fingerprint density at radius 1 is 1.30 bits per heavy atom. The first-order valence-electron chi connectivity index (χ1n) is 7.78. The van der Waals surface area contributed by atoms with E-state index in [1.54, 1.807) is 6.92 Å². The van der Waals surface area contributed by atoms with Crippen LogP contribution in [0.15, 0.2) is 48.2 Å². The average Bonchev–Trinajstić information content (AvgIpc) is 2.54. The Morgan fingerprint density at radius 2 is 1.96 bits per heavy atom. The maximum absolute atomic E-state index is 11.9. The molecule has 4 heteroatoms. The number of aliphatic hydroxyl groups is 1. The second-order valence-electron chi connectivity index (χ2n) is 5.39. The van der Waals surface area contributed by atoms with Crippen LogP contribution in [0.4, 0.5) is 0 Å². The molecular weight excluding hydrogens is 292 g/mol. The van der Waals surface area contributed by atoms with E-state index in [9.17, 15) is 14.7 Å². The van der Waals surface area contributed by atoms with Gasteiger partial charge in [-0.1, -0.05) is 36.9 Å². The minimum absolute atomic E-state index is 0.0909. The molecule has 1 aromatic rings. The molecule has 23 heavy (non-hydrogen) atoms. The summed E-state index contributed by atoms with van der Waals surface area (Å²) < 4.78 is 4.91. The van der Waals surface area contributed by atoms with Gasteiger partial charge in [-0.05, 0) is 38.7 Å². The van der Waals surface area contributed by atoms with Crippen LogP contribution in [-0.4, -0.2) is 29.6 Å². The van der Waals surface area contributed by atoms with Crippen molar-refractivity contribution in [1.82, 2.24) is 0 Å². The summed E-state index contributed by atoms with van der Waals surface area (Å²) in [5.74, 6) is -1.36. The average molecular weight is 316 g/mol. The second-order valence-corrected chi connectivity index (χ2v) is 5.39. The topological polar surface area (TPSA) is 63.6 Å². The molecule has 0 aromatic heterocycles. The van der Waals surface area contributed by atoms with Crippen LogP contribution in [0, 0.1) is 5.92 Å². The van der Waals surface area contributed by atoms with Crippen LogP contribution < -0.4 is 0 Å². The number of esters is 1. The number of aryl methyl sites for hydroxylation is 1. The van der Waals surface area contributed by atoms with Crippen molar-refractivity contribution < 1.29 is 19.4 Å². The molecule has 1 N–H and O–H groups in total. The third kappa shape index (κ3) is 6.23. The summed E-state index contributed by atoms with van der Waals surface area (Å²) in [5, 5.41) is 10.4. The molecule has 1 rings (SSSR count). The van der Waals surface area contributed by atoms with Gasteiger partial charge in [-0.3, -0.25) is 4.79 Å². The van der Waals surface area contributed by atoms with Gasteiger partial charge in [-0.25, -0.2) is 4.79 Å². The minimum Gasteiger partial charge on any atom is -0.462 e. The third-order valence-corrected chi connectivity index (χ3v) is 3.72. The van der Waals surface area contributed by atoms with Crippen molar-refractivity contribution in [3.8, 4) is 0 Å². The molecule has 1 aromatic carbocycles. The van der Waals surface area contributed by atoms with Crippen LogP contribution in [0.25, 0.3) is 0 Å². The van der Waals surface area contributed by atoms with Gasteiger partial charge in [0.2, 0.25) is 0 Å². The van der Waals surface area contributed by atoms with Crippen LogP contribution in [0.5, 0.6) is 0 Å². The zero-order valence-corrected chi connectivity index (χ0v) is 13.7. The molecule has 0 aliphatic heterocycles. The highest BCUT2D eigenvalue weighted by Gasteiger charge is 2.27. The van der Waals surface area contributed by atoms with E-state index >= 15 is 0 Å². The molecule has 0 spiro atoms. The first-order valence-corrected chi connectivity index (χ1v) is 7.78. The fourth-order valence-corrected chi connectivity index (χ4v) is 2.38. The molecule has 124 valence electrons. The zero-order valence-electron chi connectivity index (χ0n) is 13.7. The first kappa shape index (κ1) is 18.9. The summed E-state index contributed by atoms with van der Waals surface area (Å²) in [4.78, 5) is 23.6. The molecule has 0 radical (unpaired) electrons. The lowest BCUT2D eigenvalue weighted by Crippen LogP contribution is -2.29. The second kappa shape index (κ2) is 9.78. The van der Waals surface area contributed by atoms with Crippen molar-refractivity contribution in [2.24, 2.45) is 5.92 Å². The Hall–Kier alpha value is -2.16. The van der Waals surface area contributed by atoms with Crippen molar-refractivity contribution in [2.45, 2.75) is 39.2 Å². The fraction of sp³-hybridized carbons (Fsp3) is 0.421. The van der Waals surface area contributed by atoms with Gasteiger partial charge in [0.25, 0.3) is 0 Å². The number of hydrogen-bond acceptors (Lipinski definition) is 4. The highest BCUT2D eigenvalue weighted by molar-refractivity contribution is 5.89. The summed E-state index contributed by atoms with van der Waals surface area (Å²) in [5.41, 5.74) is 3.83. The molecule has 0 heterocycles. The number of hydrogen-bond donors (Lipinski definition) is 1. The molecular formula is C19H24O4. The smallest absolute Gasteiger partial charge is 0.341 e. The van der Waals surface area contributed by atoms with Gasteiger partial charge in [-0.2, -0.15) is 0 Å². The number of ether oxygens (including phenoxy) is 1. The lowest BCUT2D eigenvalue weighted by atomic mass is 9.88. The summed E-state index contributed by atoms with van der Waals surface area (Å²) in [6, 6.07) is 9.75. The normalized spacial score (nSPS) is 12.8. The monoisotopic (exact) mass is 316 g/mol. The third-order valence-electron chi connectivity index (χ3n) is 3.72. The number of carbonyl (C=O) groups is 2. The summed E-state index contributed by atoms with van der Waals surface area (Å²) >= 11 is 0. The Bertz CT molecular complexity index is 570. The minimum atomic E-state index is -0.828. The van der Waals surface area contributed by atoms with E-state index in [-0.39, 0.29) is 24.4 Å². The van der Waals surface area contributed by atoms with Gasteiger partial charge in [0, 0.05) is 5.92 Å². The number of rotatable bonds is 9. The quantitative estimate of drug-likeness (QED) is 0.432. The lowest BCUT2D eigenvalue weighted by Gasteiger charge is -2.20. The largest absolute Gasteiger partial charge is 0.462 e. The Labute approximate surface area is 137 Å². The van der Waals surface area contributed by atoms with Gasteiger partial charge in [-0.15, -0.1) is 5.73 Å². The number of aliphatic hydroxyl groups excluding tert-OH is 1. The first-order chi connectivity index (χ1) is 11.0. The van der Waals surface area contributed by atoms with E-state index in [2.05, 4.69) is 12.3 Å². The van der Waals surface area contributed by atoms with Crippen LogP contribution in [0.2, 0.25) is 0 Å². The number of Topliss-reactive ketones (excluding diaryl/α,β-unsaturated/α-hetero) is 1. The zero-order chi connectivity index (χ0) is 17.2. The maximum atomic E-state index is 11.9. The van der Waals surface area contributed by atoms with Crippen molar-refractivity contribution in [1.29, 1.82) is 0 Å². The van der Waals surface area contributed by atoms with Crippen LogP contribution >= 0.6 is 0 Å². The van der Waals surface area contributed by atoms with E-state index in [1.165, 1.54) is 6.92 Å². The van der Waals surface area contributed by atoms with Gasteiger partial charge < -0.3 is 9.84 Å². The Kier molecular flexibility index (Phi) is 8.03. The lowest BCUT2D eigenvalue weighted by molar-refractivity contribution is -0.138. The van der Waals surface area contributed by atoms with Gasteiger partial charge in [0.1, 0.15) is 5.78 Å². The van der Waals surface area contributed by atoms with E-state index < -0.39 is 18.0 Å². The predicted octanol–water partition coefficient (Wildman–Crippen LogP) is 2.85. The van der Waals surface area contributed by atoms with E-state index in [4.69, 9.17) is 4.74 Å². The highest BCUT2D eigenvalue weighted by Crippen LogP contribution is 2.21. The molecule has 0 bridgehead atoms. The Morgan fingerprint density at radius 3 is 2.48 bits per heavy atom. The van der Waals surface area contributed by atoms with Gasteiger partial charge >= 0.3 is 5.97 Å². The summed E-state index contributed by atoms with van der Waals surface area (Å²) in [7, 11) is 0. The standard InChI is InChI=1S/C19H24O4/c1-4-16(19(22)23-5-2)13-17(14(3)20)18(21)12-11-15-9-7-6-8-10-15/h6-10,17-18,21H,1,5,11-13H2,2-3H3/t17-,18+/m0/s1. The highest BCUT2D eigenvalue weighted by atomic mass is 16.5. The predicted molar refractivity (Wildman–Crippen MR) is 88.8 cm³/mol. The molecule has 0 saturated heterocycles. The molecule has 2 atom stereocenters. The SMILES string of the molecule is C=C=C(C[C@@H](C(C)=O)[C@H](O)CCc1ccccc1)C(=O)OCC. The van der Waals surface area contributed by atoms with E-state index in [1.807, 2.05) is 30.3 Å². The van der Waals surface area contributed by atoms with E-state index in [0.29, 0.717) is 12.8 Å². The van der Waals surface area contributed by atoms with Gasteiger partial charge in [0.05, 0.1) is 18.3 Å². The molecule has 0 aliphatic rings. The summed E-state index contributed by atoms with van der Waals surface area (Å²) in [6.07, 6.45) is 0.374. The maximum Gasteiger partial charge on any atom is 0.341 e. The van der Waals surface area contributed by atoms with Crippen molar-refractivity contribution in [3.63, 3.8) is 0 Å². The molecule has 0 amide bonds. The van der Waals surface area contributed by atoms with Crippen molar-refractivity contribution >= 4 is 11.8 Å². The van der Waals surface area contributed by atoms with Crippen molar-refractivity contribution in [2.75, 3.05) is 6.61 Å².